The van der Waals surface area contributed by atoms with Crippen molar-refractivity contribution in [1.82, 2.24) is 4.98 Å². The first kappa shape index (κ1) is 11.5. The van der Waals surface area contributed by atoms with Gasteiger partial charge in [-0.2, -0.15) is 0 Å². The van der Waals surface area contributed by atoms with Gasteiger partial charge in [0.15, 0.2) is 0 Å². The Morgan fingerprint density at radius 3 is 2.47 bits per heavy atom. The summed E-state index contributed by atoms with van der Waals surface area (Å²) < 4.78 is 0. The maximum absolute atomic E-state index is 10.9. The molecular formula is C15H15NO. The van der Waals surface area contributed by atoms with Gasteiger partial charge in [0.25, 0.3) is 0 Å². The van der Waals surface area contributed by atoms with Gasteiger partial charge in [0, 0.05) is 18.0 Å². The molecule has 2 rings (SSSR count). The molecule has 1 aromatic heterocycles. The molecule has 0 radical (unpaired) electrons. The van der Waals surface area contributed by atoms with Crippen LogP contribution in [-0.4, -0.2) is 11.3 Å². The number of aryl methyl sites for hydroxylation is 1. The van der Waals surface area contributed by atoms with Crippen molar-refractivity contribution in [3.05, 3.63) is 65.0 Å². The first-order valence-electron chi connectivity index (χ1n) is 5.79. The van der Waals surface area contributed by atoms with Gasteiger partial charge in [0.1, 0.15) is 6.29 Å². The number of nitrogens with zero attached hydrogens (tertiary/aromatic N) is 1. The van der Waals surface area contributed by atoms with Crippen molar-refractivity contribution in [2.75, 3.05) is 0 Å². The molecule has 2 aromatic rings. The van der Waals surface area contributed by atoms with Crippen molar-refractivity contribution >= 4 is 6.29 Å². The summed E-state index contributed by atoms with van der Waals surface area (Å²) >= 11 is 0. The molecule has 0 bridgehead atoms. The first-order chi connectivity index (χ1) is 8.33. The van der Waals surface area contributed by atoms with Crippen molar-refractivity contribution in [3.8, 4) is 0 Å². The van der Waals surface area contributed by atoms with Crippen LogP contribution in [0.2, 0.25) is 0 Å². The SMILES string of the molecule is CCc1ccc(Cc2cnccc2C=O)cc1. The van der Waals surface area contributed by atoms with Crippen molar-refractivity contribution in [1.29, 1.82) is 0 Å². The fourth-order valence-electron chi connectivity index (χ4n) is 1.81. The van der Waals surface area contributed by atoms with Crippen LogP contribution in [0, 0.1) is 0 Å². The Bertz CT molecular complexity index is 503. The van der Waals surface area contributed by atoms with E-state index in [1.54, 1.807) is 18.5 Å². The zero-order valence-electron chi connectivity index (χ0n) is 9.89. The number of benzene rings is 1. The lowest BCUT2D eigenvalue weighted by Crippen LogP contribution is -1.95. The van der Waals surface area contributed by atoms with E-state index in [1.165, 1.54) is 11.1 Å². The second-order valence-corrected chi connectivity index (χ2v) is 4.04. The van der Waals surface area contributed by atoms with E-state index in [9.17, 15) is 4.79 Å². The van der Waals surface area contributed by atoms with Gasteiger partial charge in [-0.15, -0.1) is 0 Å². The summed E-state index contributed by atoms with van der Waals surface area (Å²) in [6.45, 7) is 2.14. The van der Waals surface area contributed by atoms with Crippen molar-refractivity contribution in [2.24, 2.45) is 0 Å². The number of rotatable bonds is 4. The van der Waals surface area contributed by atoms with E-state index in [-0.39, 0.29) is 0 Å². The fourth-order valence-corrected chi connectivity index (χ4v) is 1.81. The average molecular weight is 225 g/mol. The zero-order chi connectivity index (χ0) is 12.1. The molecular weight excluding hydrogens is 210 g/mol. The van der Waals surface area contributed by atoms with Crippen LogP contribution in [0.15, 0.2) is 42.7 Å². The third kappa shape index (κ3) is 2.78. The summed E-state index contributed by atoms with van der Waals surface area (Å²) in [5.41, 5.74) is 4.24. The molecule has 0 aliphatic rings. The summed E-state index contributed by atoms with van der Waals surface area (Å²) in [5.74, 6) is 0. The molecule has 1 heterocycles. The van der Waals surface area contributed by atoms with Crippen LogP contribution >= 0.6 is 0 Å². The standard InChI is InChI=1S/C15H15NO/c1-2-12-3-5-13(6-4-12)9-15-10-16-8-7-14(15)11-17/h3-8,10-11H,2,9H2,1H3. The van der Waals surface area contributed by atoms with E-state index < -0.39 is 0 Å². The van der Waals surface area contributed by atoms with Gasteiger partial charge < -0.3 is 0 Å². The molecule has 0 unspecified atom stereocenters. The monoisotopic (exact) mass is 225 g/mol. The van der Waals surface area contributed by atoms with Crippen LogP contribution in [0.1, 0.15) is 34.0 Å². The normalized spacial score (nSPS) is 10.2. The average Bonchev–Trinajstić information content (AvgIpc) is 2.40. The summed E-state index contributed by atoms with van der Waals surface area (Å²) in [4.78, 5) is 15.0. The highest BCUT2D eigenvalue weighted by Crippen LogP contribution is 2.13. The van der Waals surface area contributed by atoms with E-state index in [1.807, 2.05) is 0 Å². The number of aldehydes is 1. The summed E-state index contributed by atoms with van der Waals surface area (Å²) in [7, 11) is 0. The number of carbonyl (C=O) groups excluding carboxylic acids is 1. The van der Waals surface area contributed by atoms with Crippen molar-refractivity contribution < 1.29 is 4.79 Å². The maximum Gasteiger partial charge on any atom is 0.150 e. The minimum atomic E-state index is 0.722. The zero-order valence-corrected chi connectivity index (χ0v) is 9.89. The highest BCUT2D eigenvalue weighted by Gasteiger charge is 2.02. The smallest absolute Gasteiger partial charge is 0.150 e. The summed E-state index contributed by atoms with van der Waals surface area (Å²) in [6.07, 6.45) is 6.10. The van der Waals surface area contributed by atoms with Gasteiger partial charge in [-0.1, -0.05) is 31.2 Å². The van der Waals surface area contributed by atoms with E-state index in [0.717, 1.165) is 30.3 Å². The lowest BCUT2D eigenvalue weighted by Gasteiger charge is -2.05. The molecule has 0 saturated heterocycles. The largest absolute Gasteiger partial charge is 0.298 e. The molecule has 2 nitrogen and oxygen atoms in total. The molecule has 0 spiro atoms. The first-order valence-corrected chi connectivity index (χ1v) is 5.79. The Morgan fingerprint density at radius 2 is 1.82 bits per heavy atom. The highest BCUT2D eigenvalue weighted by atomic mass is 16.1. The maximum atomic E-state index is 10.9. The molecule has 17 heavy (non-hydrogen) atoms. The van der Waals surface area contributed by atoms with E-state index in [2.05, 4.69) is 36.2 Å². The fraction of sp³-hybridized carbons (Fsp3) is 0.200. The predicted molar refractivity (Wildman–Crippen MR) is 68.3 cm³/mol. The topological polar surface area (TPSA) is 30.0 Å². The second-order valence-electron chi connectivity index (χ2n) is 4.04. The van der Waals surface area contributed by atoms with Gasteiger partial charge in [0.05, 0.1) is 0 Å². The Balaban J connectivity index is 2.22. The lowest BCUT2D eigenvalue weighted by atomic mass is 10.0. The van der Waals surface area contributed by atoms with Crippen LogP contribution in [0.4, 0.5) is 0 Å². The number of pyridine rings is 1. The third-order valence-corrected chi connectivity index (χ3v) is 2.89. The van der Waals surface area contributed by atoms with Crippen LogP contribution in [0.5, 0.6) is 0 Å². The second kappa shape index (κ2) is 5.39. The molecule has 1 aromatic carbocycles. The number of hydrogen-bond donors (Lipinski definition) is 0. The number of carbonyl (C=O) groups is 1. The highest BCUT2D eigenvalue weighted by molar-refractivity contribution is 5.77. The lowest BCUT2D eigenvalue weighted by molar-refractivity contribution is 0.112. The van der Waals surface area contributed by atoms with Gasteiger partial charge in [-0.05, 0) is 35.6 Å². The molecule has 0 fully saturated rings. The summed E-state index contributed by atoms with van der Waals surface area (Å²) in [5, 5.41) is 0. The minimum absolute atomic E-state index is 0.722. The predicted octanol–water partition coefficient (Wildman–Crippen LogP) is 3.05. The van der Waals surface area contributed by atoms with Crippen LogP contribution in [0.25, 0.3) is 0 Å². The molecule has 0 aliphatic heterocycles. The Morgan fingerprint density at radius 1 is 1.12 bits per heavy atom. The molecule has 86 valence electrons. The van der Waals surface area contributed by atoms with Crippen LogP contribution in [-0.2, 0) is 12.8 Å². The molecule has 0 N–H and O–H groups in total. The number of aromatic nitrogens is 1. The molecule has 0 saturated carbocycles. The van der Waals surface area contributed by atoms with E-state index >= 15 is 0 Å². The van der Waals surface area contributed by atoms with E-state index in [0.29, 0.717) is 0 Å². The quantitative estimate of drug-likeness (QED) is 0.748. The Hall–Kier alpha value is -1.96. The Kier molecular flexibility index (Phi) is 3.66. The van der Waals surface area contributed by atoms with Gasteiger partial charge in [0.2, 0.25) is 0 Å². The molecule has 0 atom stereocenters. The van der Waals surface area contributed by atoms with Crippen molar-refractivity contribution in [3.63, 3.8) is 0 Å². The molecule has 0 amide bonds. The van der Waals surface area contributed by atoms with Gasteiger partial charge in [-0.3, -0.25) is 9.78 Å². The van der Waals surface area contributed by atoms with Gasteiger partial charge >= 0.3 is 0 Å². The Labute approximate surface area is 101 Å². The van der Waals surface area contributed by atoms with Crippen LogP contribution < -0.4 is 0 Å². The van der Waals surface area contributed by atoms with Gasteiger partial charge in [-0.25, -0.2) is 0 Å². The van der Waals surface area contributed by atoms with Crippen molar-refractivity contribution in [2.45, 2.75) is 19.8 Å². The van der Waals surface area contributed by atoms with Crippen LogP contribution in [0.3, 0.4) is 0 Å². The number of hydrogen-bond acceptors (Lipinski definition) is 2. The summed E-state index contributed by atoms with van der Waals surface area (Å²) in [6, 6.07) is 10.2. The molecule has 2 heteroatoms. The third-order valence-electron chi connectivity index (χ3n) is 2.89. The minimum Gasteiger partial charge on any atom is -0.298 e. The van der Waals surface area contributed by atoms with E-state index in [4.69, 9.17) is 0 Å². The molecule has 0 aliphatic carbocycles.